The molecule has 25 heavy (non-hydrogen) atoms. The van der Waals surface area contributed by atoms with E-state index in [0.29, 0.717) is 17.0 Å². The smallest absolute Gasteiger partial charge is 0.256 e. The van der Waals surface area contributed by atoms with Gasteiger partial charge in [0.1, 0.15) is 5.75 Å². The molecule has 1 aliphatic rings. The summed E-state index contributed by atoms with van der Waals surface area (Å²) >= 11 is 2.08. The summed E-state index contributed by atoms with van der Waals surface area (Å²) in [6.07, 6.45) is 1.71. The number of rotatable bonds is 6. The quantitative estimate of drug-likeness (QED) is 0.634. The van der Waals surface area contributed by atoms with Crippen LogP contribution in [0, 0.1) is 3.57 Å². The Balaban J connectivity index is 1.90. The van der Waals surface area contributed by atoms with Crippen molar-refractivity contribution in [1.29, 1.82) is 0 Å². The van der Waals surface area contributed by atoms with Crippen molar-refractivity contribution in [3.63, 3.8) is 0 Å². The third-order valence-corrected chi connectivity index (χ3v) is 6.21. The van der Waals surface area contributed by atoms with E-state index >= 15 is 0 Å². The van der Waals surface area contributed by atoms with E-state index in [-0.39, 0.29) is 16.8 Å². The number of hydrogen-bond donors (Lipinski definition) is 2. The van der Waals surface area contributed by atoms with E-state index in [0.717, 1.165) is 16.4 Å². The summed E-state index contributed by atoms with van der Waals surface area (Å²) in [5, 5.41) is 2.74. The molecule has 0 spiro atoms. The fourth-order valence-electron chi connectivity index (χ4n) is 2.28. The molecule has 1 aliphatic carbocycles. The number of sulfonamides is 1. The number of hydrogen-bond acceptors (Lipinski definition) is 4. The Morgan fingerprint density at radius 2 is 1.92 bits per heavy atom. The lowest BCUT2D eigenvalue weighted by Crippen LogP contribution is -2.26. The van der Waals surface area contributed by atoms with E-state index in [2.05, 4.69) is 32.6 Å². The molecule has 0 radical (unpaired) electrons. The van der Waals surface area contributed by atoms with Gasteiger partial charge in [-0.2, -0.15) is 0 Å². The summed E-state index contributed by atoms with van der Waals surface area (Å²) in [4.78, 5) is 12.6. The summed E-state index contributed by atoms with van der Waals surface area (Å²) in [5.41, 5.74) is 0.820. The molecule has 8 heteroatoms. The Kier molecular flexibility index (Phi) is 5.30. The molecule has 1 saturated carbocycles. The van der Waals surface area contributed by atoms with Crippen LogP contribution in [0.5, 0.6) is 5.75 Å². The molecule has 1 fully saturated rings. The molecule has 2 aromatic carbocycles. The fraction of sp³-hybridized carbons (Fsp3) is 0.235. The summed E-state index contributed by atoms with van der Waals surface area (Å²) in [5.74, 6) is 0.0673. The molecule has 2 N–H and O–H groups in total. The van der Waals surface area contributed by atoms with Gasteiger partial charge in [-0.1, -0.05) is 12.1 Å². The van der Waals surface area contributed by atoms with Crippen LogP contribution in [-0.4, -0.2) is 27.5 Å². The predicted octanol–water partition coefficient (Wildman–Crippen LogP) is 2.99. The van der Waals surface area contributed by atoms with Crippen molar-refractivity contribution >= 4 is 44.2 Å². The Labute approximate surface area is 160 Å². The first-order chi connectivity index (χ1) is 11.9. The summed E-state index contributed by atoms with van der Waals surface area (Å²) in [6, 6.07) is 11.6. The van der Waals surface area contributed by atoms with Crippen molar-refractivity contribution in [2.45, 2.75) is 23.8 Å². The third kappa shape index (κ3) is 4.31. The first-order valence-electron chi connectivity index (χ1n) is 7.67. The van der Waals surface area contributed by atoms with Gasteiger partial charge in [-0.15, -0.1) is 0 Å². The van der Waals surface area contributed by atoms with Gasteiger partial charge >= 0.3 is 0 Å². The van der Waals surface area contributed by atoms with Crippen LogP contribution in [-0.2, 0) is 10.0 Å². The Morgan fingerprint density at radius 3 is 2.56 bits per heavy atom. The standard InChI is InChI=1S/C17H17IN2O4S/c1-24-16-9-8-12(25(22,23)20-11-6-7-11)10-15(16)19-17(21)13-4-2-3-5-14(13)18/h2-5,8-11,20H,6-7H2,1H3,(H,19,21). The number of methoxy groups -OCH3 is 1. The number of nitrogens with one attached hydrogen (secondary N) is 2. The molecule has 2 aromatic rings. The minimum atomic E-state index is -3.61. The van der Waals surface area contributed by atoms with Gasteiger partial charge in [0.05, 0.1) is 23.3 Å². The number of anilines is 1. The molecule has 0 bridgehead atoms. The second-order valence-electron chi connectivity index (χ2n) is 5.69. The molecule has 0 atom stereocenters. The van der Waals surface area contributed by atoms with Crippen LogP contribution in [0.25, 0.3) is 0 Å². The van der Waals surface area contributed by atoms with Gasteiger partial charge < -0.3 is 10.1 Å². The van der Waals surface area contributed by atoms with Crippen LogP contribution < -0.4 is 14.8 Å². The van der Waals surface area contributed by atoms with Crippen molar-refractivity contribution in [2.75, 3.05) is 12.4 Å². The van der Waals surface area contributed by atoms with E-state index in [9.17, 15) is 13.2 Å². The molecule has 0 heterocycles. The zero-order valence-corrected chi connectivity index (χ0v) is 16.4. The normalized spacial score (nSPS) is 14.2. The molecule has 0 saturated heterocycles. The second kappa shape index (κ2) is 7.30. The average Bonchev–Trinajstić information content (AvgIpc) is 3.38. The Hall–Kier alpha value is -1.65. The number of carbonyl (C=O) groups is 1. The minimum absolute atomic E-state index is 0.0102. The van der Waals surface area contributed by atoms with Crippen LogP contribution in [0.3, 0.4) is 0 Å². The van der Waals surface area contributed by atoms with Crippen LogP contribution in [0.4, 0.5) is 5.69 Å². The molecule has 132 valence electrons. The highest BCUT2D eigenvalue weighted by atomic mass is 127. The number of carbonyl (C=O) groups excluding carboxylic acids is 1. The number of benzene rings is 2. The van der Waals surface area contributed by atoms with Crippen LogP contribution in [0.2, 0.25) is 0 Å². The van der Waals surface area contributed by atoms with E-state index in [1.165, 1.54) is 25.3 Å². The Morgan fingerprint density at radius 1 is 1.20 bits per heavy atom. The van der Waals surface area contributed by atoms with Gasteiger partial charge in [-0.3, -0.25) is 4.79 Å². The topological polar surface area (TPSA) is 84.5 Å². The molecule has 6 nitrogen and oxygen atoms in total. The number of amides is 1. The third-order valence-electron chi connectivity index (χ3n) is 3.75. The number of ether oxygens (including phenoxy) is 1. The average molecular weight is 472 g/mol. The van der Waals surface area contributed by atoms with Gasteiger partial charge in [-0.05, 0) is 65.8 Å². The maximum absolute atomic E-state index is 12.5. The summed E-state index contributed by atoms with van der Waals surface area (Å²) in [6.45, 7) is 0. The maximum Gasteiger partial charge on any atom is 0.256 e. The highest BCUT2D eigenvalue weighted by Gasteiger charge is 2.28. The molecule has 0 unspecified atom stereocenters. The van der Waals surface area contributed by atoms with E-state index in [1.54, 1.807) is 12.1 Å². The molecular weight excluding hydrogens is 455 g/mol. The van der Waals surface area contributed by atoms with Crippen molar-refractivity contribution < 1.29 is 17.9 Å². The highest BCUT2D eigenvalue weighted by Crippen LogP contribution is 2.29. The molecule has 3 rings (SSSR count). The van der Waals surface area contributed by atoms with Crippen molar-refractivity contribution in [2.24, 2.45) is 0 Å². The predicted molar refractivity (Wildman–Crippen MR) is 103 cm³/mol. The lowest BCUT2D eigenvalue weighted by atomic mass is 10.2. The first-order valence-corrected chi connectivity index (χ1v) is 10.2. The molecular formula is C17H17IN2O4S. The second-order valence-corrected chi connectivity index (χ2v) is 8.57. The summed E-state index contributed by atoms with van der Waals surface area (Å²) in [7, 11) is -2.15. The van der Waals surface area contributed by atoms with E-state index in [4.69, 9.17) is 4.74 Å². The van der Waals surface area contributed by atoms with Gasteiger partial charge in [-0.25, -0.2) is 13.1 Å². The van der Waals surface area contributed by atoms with Gasteiger partial charge in [0.2, 0.25) is 10.0 Å². The van der Waals surface area contributed by atoms with Crippen LogP contribution in [0.15, 0.2) is 47.4 Å². The van der Waals surface area contributed by atoms with E-state index in [1.807, 2.05) is 12.1 Å². The van der Waals surface area contributed by atoms with Gasteiger partial charge in [0.25, 0.3) is 5.91 Å². The SMILES string of the molecule is COc1ccc(S(=O)(=O)NC2CC2)cc1NC(=O)c1ccccc1I. The molecule has 0 aromatic heterocycles. The Bertz CT molecular complexity index is 911. The van der Waals surface area contributed by atoms with Crippen LogP contribution >= 0.6 is 22.6 Å². The lowest BCUT2D eigenvalue weighted by molar-refractivity contribution is 0.102. The monoisotopic (exact) mass is 472 g/mol. The molecule has 0 aliphatic heterocycles. The maximum atomic E-state index is 12.5. The summed E-state index contributed by atoms with van der Waals surface area (Å²) < 4.78 is 33.4. The number of halogens is 1. The zero-order valence-electron chi connectivity index (χ0n) is 13.5. The lowest BCUT2D eigenvalue weighted by Gasteiger charge is -2.13. The van der Waals surface area contributed by atoms with Crippen LogP contribution in [0.1, 0.15) is 23.2 Å². The first kappa shape index (κ1) is 18.2. The van der Waals surface area contributed by atoms with Gasteiger partial charge in [0, 0.05) is 9.61 Å². The van der Waals surface area contributed by atoms with Crippen molar-refractivity contribution in [3.8, 4) is 5.75 Å². The van der Waals surface area contributed by atoms with E-state index < -0.39 is 10.0 Å². The fourth-order valence-corrected chi connectivity index (χ4v) is 4.24. The zero-order chi connectivity index (χ0) is 18.0. The largest absolute Gasteiger partial charge is 0.495 e. The van der Waals surface area contributed by atoms with Crippen molar-refractivity contribution in [3.05, 3.63) is 51.6 Å². The van der Waals surface area contributed by atoms with Gasteiger partial charge in [0.15, 0.2) is 0 Å². The minimum Gasteiger partial charge on any atom is -0.495 e. The van der Waals surface area contributed by atoms with Crippen molar-refractivity contribution in [1.82, 2.24) is 4.72 Å². The molecule has 1 amide bonds. The highest BCUT2D eigenvalue weighted by molar-refractivity contribution is 14.1.